The Kier molecular flexibility index (Phi) is 5.52. The summed E-state index contributed by atoms with van der Waals surface area (Å²) >= 11 is 0. The first-order chi connectivity index (χ1) is 14.4. The fraction of sp³-hybridized carbons (Fsp3) is 0.417. The van der Waals surface area contributed by atoms with Gasteiger partial charge in [0, 0.05) is 0 Å². The summed E-state index contributed by atoms with van der Waals surface area (Å²) in [6.07, 6.45) is 1.31. The highest BCUT2D eigenvalue weighted by molar-refractivity contribution is 6.07. The molecule has 1 saturated heterocycles. The van der Waals surface area contributed by atoms with Gasteiger partial charge in [0.05, 0.1) is 6.54 Å². The molecule has 0 saturated carbocycles. The van der Waals surface area contributed by atoms with Gasteiger partial charge in [-0.2, -0.15) is 0 Å². The van der Waals surface area contributed by atoms with Gasteiger partial charge in [-0.15, -0.1) is 0 Å². The van der Waals surface area contributed by atoms with Crippen molar-refractivity contribution in [3.8, 4) is 5.75 Å². The zero-order valence-corrected chi connectivity index (χ0v) is 17.4. The number of carbonyl (C=O) groups excluding carboxylic acids is 2. The number of aliphatic hydroxyl groups excluding tert-OH is 1. The molecule has 2 atom stereocenters. The second-order valence-electron chi connectivity index (χ2n) is 8.42. The lowest BCUT2D eigenvalue weighted by molar-refractivity contribution is -0.133. The van der Waals surface area contributed by atoms with E-state index in [1.807, 2.05) is 48.5 Å². The molecule has 2 N–H and O–H groups in total. The second kappa shape index (κ2) is 8.11. The van der Waals surface area contributed by atoms with E-state index >= 15 is 0 Å². The van der Waals surface area contributed by atoms with Gasteiger partial charge < -0.3 is 15.2 Å². The molecule has 3 amide bonds. The quantitative estimate of drug-likeness (QED) is 0.719. The Morgan fingerprint density at radius 2 is 1.87 bits per heavy atom. The summed E-state index contributed by atoms with van der Waals surface area (Å²) in [5.74, 6) is 0.707. The smallest absolute Gasteiger partial charge is 0.325 e. The zero-order chi connectivity index (χ0) is 21.3. The Hall–Kier alpha value is -2.86. The van der Waals surface area contributed by atoms with Gasteiger partial charge in [-0.05, 0) is 47.9 Å². The van der Waals surface area contributed by atoms with Crippen molar-refractivity contribution >= 4 is 11.9 Å². The minimum atomic E-state index is -1.02. The van der Waals surface area contributed by atoms with Crippen LogP contribution in [0.1, 0.15) is 49.3 Å². The molecule has 2 aliphatic rings. The zero-order valence-electron chi connectivity index (χ0n) is 17.4. The first-order valence-corrected chi connectivity index (χ1v) is 10.5. The maximum absolute atomic E-state index is 13.3. The summed E-state index contributed by atoms with van der Waals surface area (Å²) in [7, 11) is 0. The molecule has 158 valence electrons. The average Bonchev–Trinajstić information content (AvgIpc) is 2.97. The molecule has 2 aromatic rings. The molecular formula is C24H28N2O4. The Morgan fingerprint density at radius 1 is 1.13 bits per heavy atom. The van der Waals surface area contributed by atoms with Crippen LogP contribution in [0.3, 0.4) is 0 Å². The number of aryl methyl sites for hydroxylation is 1. The Bertz CT molecular complexity index is 958. The second-order valence-corrected chi connectivity index (χ2v) is 8.42. The Balaban J connectivity index is 1.46. The van der Waals surface area contributed by atoms with Crippen molar-refractivity contribution in [1.82, 2.24) is 10.2 Å². The van der Waals surface area contributed by atoms with Crippen molar-refractivity contribution in [2.75, 3.05) is 13.2 Å². The van der Waals surface area contributed by atoms with Crippen molar-refractivity contribution in [2.24, 2.45) is 0 Å². The summed E-state index contributed by atoms with van der Waals surface area (Å²) < 4.78 is 5.81. The first-order valence-electron chi connectivity index (χ1n) is 10.5. The van der Waals surface area contributed by atoms with E-state index < -0.39 is 17.7 Å². The highest BCUT2D eigenvalue weighted by Gasteiger charge is 2.54. The number of imide groups is 1. The van der Waals surface area contributed by atoms with Crippen molar-refractivity contribution in [3.63, 3.8) is 0 Å². The minimum absolute atomic E-state index is 0.00435. The lowest BCUT2D eigenvalue weighted by Gasteiger charge is -2.33. The van der Waals surface area contributed by atoms with Crippen molar-refractivity contribution in [1.29, 1.82) is 0 Å². The number of urea groups is 1. The molecule has 0 radical (unpaired) electrons. The van der Waals surface area contributed by atoms with E-state index in [1.165, 1.54) is 0 Å². The van der Waals surface area contributed by atoms with Crippen LogP contribution in [0.15, 0.2) is 48.5 Å². The first kappa shape index (κ1) is 20.4. The largest absolute Gasteiger partial charge is 0.491 e. The molecule has 4 rings (SSSR count). The van der Waals surface area contributed by atoms with Crippen LogP contribution in [0.4, 0.5) is 4.79 Å². The van der Waals surface area contributed by atoms with Crippen LogP contribution in [-0.4, -0.2) is 41.2 Å². The van der Waals surface area contributed by atoms with Crippen LogP contribution in [0.5, 0.6) is 5.75 Å². The van der Waals surface area contributed by atoms with Crippen molar-refractivity contribution in [3.05, 3.63) is 65.2 Å². The predicted octanol–water partition coefficient (Wildman–Crippen LogP) is 3.33. The molecule has 6 heteroatoms. The monoisotopic (exact) mass is 408 g/mol. The molecule has 1 aliphatic heterocycles. The number of nitrogens with one attached hydrogen (secondary N) is 1. The van der Waals surface area contributed by atoms with Crippen molar-refractivity contribution < 1.29 is 19.4 Å². The van der Waals surface area contributed by atoms with Crippen LogP contribution in [0.25, 0.3) is 0 Å². The molecule has 0 bridgehead atoms. The summed E-state index contributed by atoms with van der Waals surface area (Å²) in [5, 5.41) is 13.4. The van der Waals surface area contributed by atoms with E-state index in [9.17, 15) is 14.7 Å². The van der Waals surface area contributed by atoms with Gasteiger partial charge in [-0.3, -0.25) is 9.69 Å². The van der Waals surface area contributed by atoms with E-state index in [0.29, 0.717) is 12.2 Å². The molecule has 1 fully saturated rings. The lowest BCUT2D eigenvalue weighted by atomic mass is 9.76. The molecule has 6 nitrogen and oxygen atoms in total. The number of ether oxygens (including phenoxy) is 1. The van der Waals surface area contributed by atoms with Gasteiger partial charge in [0.1, 0.15) is 24.0 Å². The number of amides is 3. The summed E-state index contributed by atoms with van der Waals surface area (Å²) in [6, 6.07) is 15.0. The van der Waals surface area contributed by atoms with E-state index in [4.69, 9.17) is 4.74 Å². The molecule has 0 aromatic heterocycles. The fourth-order valence-electron chi connectivity index (χ4n) is 4.52. The number of β-amino-alcohol motifs (C(OH)–C–C–N with tert-alkyl or cyclic N) is 1. The number of benzene rings is 2. The van der Waals surface area contributed by atoms with Gasteiger partial charge in [0.15, 0.2) is 0 Å². The van der Waals surface area contributed by atoms with E-state index in [-0.39, 0.29) is 25.0 Å². The number of fused-ring (bicyclic) bond motifs is 2. The highest BCUT2D eigenvalue weighted by atomic mass is 16.5. The average molecular weight is 408 g/mol. The third-order valence-corrected chi connectivity index (χ3v) is 6.02. The summed E-state index contributed by atoms with van der Waals surface area (Å²) in [5.41, 5.74) is 2.00. The number of aliphatic hydroxyl groups is 1. The van der Waals surface area contributed by atoms with E-state index in [1.54, 1.807) is 0 Å². The number of hydrogen-bond donors (Lipinski definition) is 2. The fourth-order valence-corrected chi connectivity index (χ4v) is 4.52. The van der Waals surface area contributed by atoms with Crippen LogP contribution in [0.2, 0.25) is 0 Å². The number of rotatable bonds is 6. The minimum Gasteiger partial charge on any atom is -0.491 e. The molecule has 1 spiro atoms. The third-order valence-electron chi connectivity index (χ3n) is 6.02. The van der Waals surface area contributed by atoms with E-state index in [2.05, 4.69) is 19.2 Å². The summed E-state index contributed by atoms with van der Waals surface area (Å²) in [4.78, 5) is 27.1. The van der Waals surface area contributed by atoms with E-state index in [0.717, 1.165) is 34.4 Å². The molecule has 1 aliphatic carbocycles. The molecule has 1 heterocycles. The molecule has 0 unspecified atom stereocenters. The maximum atomic E-state index is 13.3. The number of para-hydroxylation sites is 1. The SMILES string of the molecule is CC(C)c1ccccc1OC[C@@H](O)CN1C(=O)N[C@]2(CCCc3ccccc32)C1=O. The number of carbonyl (C=O) groups is 2. The number of nitrogens with zero attached hydrogens (tertiary/aromatic N) is 1. The molecule has 2 aromatic carbocycles. The van der Waals surface area contributed by atoms with Crippen LogP contribution in [-0.2, 0) is 16.8 Å². The predicted molar refractivity (Wildman–Crippen MR) is 113 cm³/mol. The lowest BCUT2D eigenvalue weighted by Crippen LogP contribution is -2.47. The maximum Gasteiger partial charge on any atom is 0.325 e. The summed E-state index contributed by atoms with van der Waals surface area (Å²) in [6.45, 7) is 4.06. The van der Waals surface area contributed by atoms with Gasteiger partial charge >= 0.3 is 6.03 Å². The van der Waals surface area contributed by atoms with Gasteiger partial charge in [-0.1, -0.05) is 56.3 Å². The van der Waals surface area contributed by atoms with Crippen LogP contribution >= 0.6 is 0 Å². The third kappa shape index (κ3) is 3.56. The van der Waals surface area contributed by atoms with Gasteiger partial charge in [0.25, 0.3) is 5.91 Å². The van der Waals surface area contributed by atoms with Gasteiger partial charge in [0.2, 0.25) is 0 Å². The van der Waals surface area contributed by atoms with Crippen LogP contribution in [0, 0.1) is 0 Å². The topological polar surface area (TPSA) is 78.9 Å². The standard InChI is InChI=1S/C24H28N2O4/c1-16(2)19-10-4-6-12-21(19)30-15-18(27)14-26-22(28)24(25-23(26)29)13-7-9-17-8-3-5-11-20(17)24/h3-6,8,10-12,16,18,27H,7,9,13-15H2,1-2H3,(H,25,29)/t18-,24-/m0/s1. The normalized spacial score (nSPS) is 21.7. The van der Waals surface area contributed by atoms with Crippen LogP contribution < -0.4 is 10.1 Å². The Labute approximate surface area is 176 Å². The molecule has 30 heavy (non-hydrogen) atoms. The highest BCUT2D eigenvalue weighted by Crippen LogP contribution is 2.39. The van der Waals surface area contributed by atoms with Crippen molar-refractivity contribution in [2.45, 2.75) is 50.7 Å². The van der Waals surface area contributed by atoms with Gasteiger partial charge in [-0.25, -0.2) is 4.79 Å². The number of hydrogen-bond acceptors (Lipinski definition) is 4. The molecular weight excluding hydrogens is 380 g/mol. The Morgan fingerprint density at radius 3 is 2.67 bits per heavy atom.